The number of imide groups is 1. The van der Waals surface area contributed by atoms with Crippen LogP contribution in [0.25, 0.3) is 11.0 Å². The van der Waals surface area contributed by atoms with Gasteiger partial charge in [0.1, 0.15) is 11.8 Å². The van der Waals surface area contributed by atoms with Crippen molar-refractivity contribution in [3.05, 3.63) is 111 Å². The minimum Gasteiger partial charge on any atom is -0.495 e. The number of carbonyl (C=O) groups excluding carboxylic acids is 3. The van der Waals surface area contributed by atoms with Crippen molar-refractivity contribution in [2.45, 2.75) is 95.9 Å². The largest absolute Gasteiger partial charge is 0.495 e. The summed E-state index contributed by atoms with van der Waals surface area (Å²) in [6.07, 6.45) is 6.78. The predicted molar refractivity (Wildman–Crippen MR) is 263 cm³/mol. The summed E-state index contributed by atoms with van der Waals surface area (Å²) in [5, 5.41) is 3.00. The number of nitrogens with zero attached hydrogens (tertiary/aromatic N) is 5. The molecule has 1 aromatic heterocycles. The summed E-state index contributed by atoms with van der Waals surface area (Å²) in [5.41, 5.74) is 6.27. The Morgan fingerprint density at radius 1 is 0.866 bits per heavy atom. The maximum Gasteiger partial charge on any atom is 0.329 e. The second kappa shape index (κ2) is 20.3. The topological polar surface area (TPSA) is 128 Å². The summed E-state index contributed by atoms with van der Waals surface area (Å²) < 4.78 is 20.5. The predicted octanol–water partition coefficient (Wildman–Crippen LogP) is 8.21. The zero-order valence-corrected chi connectivity index (χ0v) is 40.3. The summed E-state index contributed by atoms with van der Waals surface area (Å²) in [4.78, 5) is 58.8. The summed E-state index contributed by atoms with van der Waals surface area (Å²) >= 11 is 6.33. The molecular weight excluding hydrogens is 868 g/mol. The van der Waals surface area contributed by atoms with E-state index < -0.39 is 11.9 Å². The number of nitrogens with one attached hydrogen (secondary N) is 1. The van der Waals surface area contributed by atoms with Gasteiger partial charge in [-0.15, -0.1) is 0 Å². The van der Waals surface area contributed by atoms with Crippen molar-refractivity contribution in [2.24, 2.45) is 13.0 Å². The lowest BCUT2D eigenvalue weighted by molar-refractivity contribution is -0.135. The molecule has 3 aliphatic rings. The lowest BCUT2D eigenvalue weighted by Gasteiger charge is -2.38. The molecule has 2 fully saturated rings. The number of hydrogen-bond donors (Lipinski definition) is 1. The first kappa shape index (κ1) is 47.3. The minimum absolute atomic E-state index is 0.00638. The Bertz CT molecular complexity index is 2760. The Kier molecular flexibility index (Phi) is 14.3. The van der Waals surface area contributed by atoms with E-state index in [9.17, 15) is 19.2 Å². The van der Waals surface area contributed by atoms with Crippen LogP contribution in [0.5, 0.6) is 17.2 Å². The number of unbranched alkanes of at least 4 members (excludes halogenated alkanes) is 1. The number of hydrogen-bond acceptors (Lipinski definition) is 9. The fourth-order valence-corrected chi connectivity index (χ4v) is 10.3. The highest BCUT2D eigenvalue weighted by molar-refractivity contribution is 6.30. The molecular formula is C53H61ClN6O7. The van der Waals surface area contributed by atoms with Crippen molar-refractivity contribution in [3.63, 3.8) is 0 Å². The highest BCUT2D eigenvalue weighted by atomic mass is 35.5. The molecule has 1 N–H and O–H groups in total. The van der Waals surface area contributed by atoms with Crippen LogP contribution in [0.4, 0.5) is 11.4 Å². The third kappa shape index (κ3) is 9.92. The molecule has 2 unspecified atom stereocenters. The van der Waals surface area contributed by atoms with E-state index in [0.29, 0.717) is 57.2 Å². The van der Waals surface area contributed by atoms with Crippen molar-refractivity contribution < 1.29 is 28.6 Å². The molecule has 8 rings (SSSR count). The van der Waals surface area contributed by atoms with E-state index in [1.54, 1.807) is 33.4 Å². The van der Waals surface area contributed by atoms with Gasteiger partial charge in [0.2, 0.25) is 17.7 Å². The molecule has 0 bridgehead atoms. The van der Waals surface area contributed by atoms with Gasteiger partial charge in [0.05, 0.1) is 49.4 Å². The zero-order chi connectivity index (χ0) is 47.5. The van der Waals surface area contributed by atoms with E-state index in [4.69, 9.17) is 25.8 Å². The van der Waals surface area contributed by atoms with Crippen molar-refractivity contribution >= 4 is 51.7 Å². The average Bonchev–Trinajstić information content (AvgIpc) is 3.56. The van der Waals surface area contributed by atoms with E-state index in [-0.39, 0.29) is 48.9 Å². The normalized spacial score (nSPS) is 19.6. The smallest absolute Gasteiger partial charge is 0.329 e. The van der Waals surface area contributed by atoms with Crippen LogP contribution in [0.2, 0.25) is 5.02 Å². The maximum atomic E-state index is 14.1. The first-order valence-corrected chi connectivity index (χ1v) is 23.7. The van der Waals surface area contributed by atoms with Gasteiger partial charge in [-0.05, 0) is 149 Å². The van der Waals surface area contributed by atoms with Gasteiger partial charge in [0, 0.05) is 55.9 Å². The Hall–Kier alpha value is -6.23. The monoisotopic (exact) mass is 928 g/mol. The maximum absolute atomic E-state index is 14.1. The summed E-state index contributed by atoms with van der Waals surface area (Å²) in [5.74, 6) is 8.23. The highest BCUT2D eigenvalue weighted by Gasteiger charge is 2.37. The molecule has 1 saturated heterocycles. The molecule has 0 spiro atoms. The van der Waals surface area contributed by atoms with Gasteiger partial charge in [0.15, 0.2) is 11.5 Å². The number of methoxy groups -OCH3 is 2. The lowest BCUT2D eigenvalue weighted by atomic mass is 9.85. The molecule has 1 aliphatic carbocycles. The molecule has 3 amide bonds. The SMILES string of the molecule is COc1cc2c(cc1OC(C)C)C(c1ccc(Cl)cc1)N(c1ccc(N(C)CC3CCC(N(C)CCCC#Cc4c(OC)ccc5c4n(C)c(=O)n5C4CCC(=O)NC4=O)CC3)cc1)C(=O)C2. The molecule has 1 saturated carbocycles. The number of aryl methyl sites for hydroxylation is 1. The van der Waals surface area contributed by atoms with Crippen LogP contribution in [0.3, 0.4) is 0 Å². The molecule has 0 radical (unpaired) electrons. The van der Waals surface area contributed by atoms with Crippen molar-refractivity contribution in [1.82, 2.24) is 19.4 Å². The van der Waals surface area contributed by atoms with E-state index in [1.807, 2.05) is 55.1 Å². The first-order chi connectivity index (χ1) is 32.3. The number of aromatic nitrogens is 2. The number of rotatable bonds is 14. The average molecular weight is 930 g/mol. The van der Waals surface area contributed by atoms with Gasteiger partial charge < -0.3 is 28.9 Å². The van der Waals surface area contributed by atoms with Crippen LogP contribution in [-0.2, 0) is 27.9 Å². The standard InChI is InChI=1S/C53H61ClN6O7/c1-33(2)67-47-31-42-36(29-46(47)66-7)30-49(62)59(50(42)35-14-16-37(54)17-15-35)40-22-20-39(21-23-40)57(4)32-34-12-18-38(19-13-34)56(3)28-10-8-9-11-41-45(65-6)26-24-43-51(41)58(5)53(64)60(43)44-25-27-48(61)55-52(44)63/h14-17,20-24,26,29,31,33-34,38,44,50H,8,10,12-13,18-19,25,27-28,30,32H2,1-7H3,(H,55,61,63). The number of benzene rings is 4. The van der Waals surface area contributed by atoms with Gasteiger partial charge in [-0.1, -0.05) is 35.6 Å². The Balaban J connectivity index is 0.869. The second-order valence-corrected chi connectivity index (χ2v) is 18.8. The van der Waals surface area contributed by atoms with Gasteiger partial charge in [0.25, 0.3) is 0 Å². The first-order valence-electron chi connectivity index (χ1n) is 23.3. The van der Waals surface area contributed by atoms with E-state index >= 15 is 0 Å². The van der Waals surface area contributed by atoms with E-state index in [1.165, 1.54) is 9.13 Å². The number of anilines is 2. The van der Waals surface area contributed by atoms with Gasteiger partial charge in [-0.3, -0.25) is 28.8 Å². The molecule has 4 aromatic carbocycles. The van der Waals surface area contributed by atoms with Crippen LogP contribution in [0.15, 0.2) is 77.6 Å². The fraction of sp³-hybridized carbons (Fsp3) is 0.434. The lowest BCUT2D eigenvalue weighted by Crippen LogP contribution is -2.44. The third-order valence-corrected chi connectivity index (χ3v) is 13.9. The van der Waals surface area contributed by atoms with Crippen LogP contribution < -0.4 is 35.0 Å². The molecule has 3 heterocycles. The molecule has 13 nitrogen and oxygen atoms in total. The van der Waals surface area contributed by atoms with Crippen molar-refractivity contribution in [2.75, 3.05) is 51.2 Å². The van der Waals surface area contributed by atoms with Crippen molar-refractivity contribution in [1.29, 1.82) is 0 Å². The number of halogens is 1. The number of carbonyl (C=O) groups is 3. The van der Waals surface area contributed by atoms with Crippen LogP contribution >= 0.6 is 11.6 Å². The minimum atomic E-state index is -0.770. The molecule has 67 heavy (non-hydrogen) atoms. The van der Waals surface area contributed by atoms with E-state index in [0.717, 1.165) is 73.3 Å². The second-order valence-electron chi connectivity index (χ2n) is 18.4. The quantitative estimate of drug-likeness (QED) is 0.0666. The van der Waals surface area contributed by atoms with Gasteiger partial charge in [-0.25, -0.2) is 4.79 Å². The molecule has 2 atom stereocenters. The van der Waals surface area contributed by atoms with Crippen LogP contribution in [-0.4, -0.2) is 85.3 Å². The Morgan fingerprint density at radius 2 is 1.58 bits per heavy atom. The molecule has 14 heteroatoms. The highest BCUT2D eigenvalue weighted by Crippen LogP contribution is 2.44. The summed E-state index contributed by atoms with van der Waals surface area (Å²) in [6.45, 7) is 5.85. The number of fused-ring (bicyclic) bond motifs is 2. The third-order valence-electron chi connectivity index (χ3n) is 13.7. The molecule has 352 valence electrons. The fourth-order valence-electron chi connectivity index (χ4n) is 10.2. The van der Waals surface area contributed by atoms with Gasteiger partial charge >= 0.3 is 5.69 Å². The zero-order valence-electron chi connectivity index (χ0n) is 39.6. The number of ether oxygens (including phenoxy) is 3. The Labute approximate surface area is 397 Å². The summed E-state index contributed by atoms with van der Waals surface area (Å²) in [7, 11) is 9.24. The van der Waals surface area contributed by atoms with Gasteiger partial charge in [-0.2, -0.15) is 0 Å². The number of piperidine rings is 1. The Morgan fingerprint density at radius 3 is 2.25 bits per heavy atom. The van der Waals surface area contributed by atoms with Crippen LogP contribution in [0.1, 0.15) is 99.6 Å². The summed E-state index contributed by atoms with van der Waals surface area (Å²) in [6, 6.07) is 23.0. The van der Waals surface area contributed by atoms with Crippen molar-refractivity contribution in [3.8, 4) is 29.1 Å². The van der Waals surface area contributed by atoms with Crippen LogP contribution in [0, 0.1) is 17.8 Å². The molecule has 5 aromatic rings. The number of amides is 3. The van der Waals surface area contributed by atoms with E-state index in [2.05, 4.69) is 65.3 Å². The number of imidazole rings is 1. The molecule has 2 aliphatic heterocycles.